The maximum atomic E-state index is 14.1. The Hall–Kier alpha value is -2.27. The molecule has 0 aliphatic carbocycles. The van der Waals surface area contributed by atoms with Gasteiger partial charge in [0.25, 0.3) is 0 Å². The molecule has 2 aromatic carbocycles. The Kier molecular flexibility index (Phi) is 4.74. The summed E-state index contributed by atoms with van der Waals surface area (Å²) in [6, 6.07) is 15.5. The number of hydrogen-bond acceptors (Lipinski definition) is 4. The van der Waals surface area contributed by atoms with Gasteiger partial charge in [-0.2, -0.15) is 0 Å². The van der Waals surface area contributed by atoms with E-state index in [1.807, 2.05) is 42.5 Å². The van der Waals surface area contributed by atoms with Crippen LogP contribution in [0.4, 0.5) is 10.1 Å². The lowest BCUT2D eigenvalue weighted by Crippen LogP contribution is -2.55. The Bertz CT molecular complexity index is 704. The average molecular weight is 342 g/mol. The first kappa shape index (κ1) is 16.2. The molecule has 25 heavy (non-hydrogen) atoms. The molecule has 4 nitrogen and oxygen atoms in total. The molecule has 1 atom stereocenters. The maximum Gasteiger partial charge on any atom is 0.147 e. The third-order valence-electron chi connectivity index (χ3n) is 4.67. The topological polar surface area (TPSA) is 33.7 Å². The molecule has 1 saturated heterocycles. The van der Waals surface area contributed by atoms with Gasteiger partial charge < -0.3 is 14.8 Å². The van der Waals surface area contributed by atoms with Crippen molar-refractivity contribution in [2.45, 2.75) is 18.7 Å². The van der Waals surface area contributed by atoms with Crippen LogP contribution in [0.15, 0.2) is 48.5 Å². The van der Waals surface area contributed by atoms with Crippen LogP contribution in [-0.2, 0) is 6.42 Å². The van der Waals surface area contributed by atoms with Crippen molar-refractivity contribution in [1.29, 1.82) is 0 Å². The lowest BCUT2D eigenvalue weighted by Gasteiger charge is -2.39. The number of alkyl halides is 1. The van der Waals surface area contributed by atoms with Crippen molar-refractivity contribution in [2.75, 3.05) is 38.1 Å². The molecular weight excluding hydrogens is 319 g/mol. The smallest absolute Gasteiger partial charge is 0.147 e. The van der Waals surface area contributed by atoms with Crippen LogP contribution in [0.25, 0.3) is 0 Å². The molecule has 2 heterocycles. The summed E-state index contributed by atoms with van der Waals surface area (Å²) >= 11 is 0. The molecule has 2 aromatic rings. The summed E-state index contributed by atoms with van der Waals surface area (Å²) in [6.45, 7) is 2.98. The zero-order chi connectivity index (χ0) is 17.1. The Labute approximate surface area is 147 Å². The van der Waals surface area contributed by atoms with E-state index in [1.54, 1.807) is 0 Å². The number of para-hydroxylation sites is 1. The number of likely N-dealkylation sites (tertiary alicyclic amines) is 1. The van der Waals surface area contributed by atoms with Crippen LogP contribution in [0.5, 0.6) is 11.5 Å². The Morgan fingerprint density at radius 1 is 1.12 bits per heavy atom. The van der Waals surface area contributed by atoms with Crippen LogP contribution in [0.1, 0.15) is 5.56 Å². The largest absolute Gasteiger partial charge is 0.491 e. The number of anilines is 1. The molecule has 1 fully saturated rings. The number of halogens is 1. The Morgan fingerprint density at radius 3 is 2.80 bits per heavy atom. The summed E-state index contributed by atoms with van der Waals surface area (Å²) in [4.78, 5) is 2.07. The zero-order valence-corrected chi connectivity index (χ0v) is 14.2. The van der Waals surface area contributed by atoms with Gasteiger partial charge in [-0.3, -0.25) is 4.90 Å². The second-order valence-electron chi connectivity index (χ2n) is 6.64. The van der Waals surface area contributed by atoms with Crippen molar-refractivity contribution in [2.24, 2.45) is 0 Å². The lowest BCUT2D eigenvalue weighted by molar-refractivity contribution is -0.000153. The van der Waals surface area contributed by atoms with Crippen molar-refractivity contribution in [3.8, 4) is 11.5 Å². The first-order valence-electron chi connectivity index (χ1n) is 8.84. The molecule has 0 unspecified atom stereocenters. The quantitative estimate of drug-likeness (QED) is 0.838. The fourth-order valence-corrected chi connectivity index (χ4v) is 3.38. The molecule has 0 saturated carbocycles. The highest BCUT2D eigenvalue weighted by Gasteiger charge is 2.31. The predicted octanol–water partition coefficient (Wildman–Crippen LogP) is 3.13. The van der Waals surface area contributed by atoms with E-state index in [4.69, 9.17) is 9.47 Å². The summed E-state index contributed by atoms with van der Waals surface area (Å²) < 4.78 is 25.6. The standard InChI is InChI=1S/C20H23FN2O2/c21-15(14-24-16-5-2-1-3-6-16)11-23-12-17(13-23)25-20-8-4-7-19-18(20)9-10-22-19/h1-8,15,17,22H,9-14H2/t15-/m1/s1. The number of hydrogen-bond donors (Lipinski definition) is 1. The van der Waals surface area contributed by atoms with E-state index in [9.17, 15) is 4.39 Å². The predicted molar refractivity (Wildman–Crippen MR) is 96.3 cm³/mol. The molecule has 132 valence electrons. The summed E-state index contributed by atoms with van der Waals surface area (Å²) in [6.07, 6.45) is 0.159. The molecule has 4 rings (SSSR count). The molecule has 2 aliphatic heterocycles. The number of rotatable bonds is 7. The van der Waals surface area contributed by atoms with Crippen LogP contribution in [0.3, 0.4) is 0 Å². The van der Waals surface area contributed by atoms with E-state index in [0.717, 1.165) is 31.8 Å². The van der Waals surface area contributed by atoms with Gasteiger partial charge in [-0.05, 0) is 30.7 Å². The number of nitrogens with one attached hydrogen (secondary N) is 1. The number of benzene rings is 2. The zero-order valence-electron chi connectivity index (χ0n) is 14.2. The van der Waals surface area contributed by atoms with E-state index in [-0.39, 0.29) is 12.7 Å². The lowest BCUT2D eigenvalue weighted by atomic mass is 10.1. The van der Waals surface area contributed by atoms with Crippen molar-refractivity contribution in [3.05, 3.63) is 54.1 Å². The summed E-state index contributed by atoms with van der Waals surface area (Å²) in [5.41, 5.74) is 2.44. The van der Waals surface area contributed by atoms with Crippen LogP contribution >= 0.6 is 0 Å². The molecule has 0 radical (unpaired) electrons. The average Bonchev–Trinajstić information content (AvgIpc) is 3.08. The fraction of sp³-hybridized carbons (Fsp3) is 0.400. The molecule has 1 N–H and O–H groups in total. The number of fused-ring (bicyclic) bond motifs is 1. The molecular formula is C20H23FN2O2. The van der Waals surface area contributed by atoms with Crippen LogP contribution in [0.2, 0.25) is 0 Å². The van der Waals surface area contributed by atoms with Gasteiger partial charge in [-0.25, -0.2) is 4.39 Å². The molecule has 0 aromatic heterocycles. The van der Waals surface area contributed by atoms with Gasteiger partial charge >= 0.3 is 0 Å². The van der Waals surface area contributed by atoms with E-state index >= 15 is 0 Å². The first-order valence-corrected chi connectivity index (χ1v) is 8.84. The monoisotopic (exact) mass is 342 g/mol. The highest BCUT2D eigenvalue weighted by molar-refractivity contribution is 5.61. The summed E-state index contributed by atoms with van der Waals surface area (Å²) in [7, 11) is 0. The second-order valence-corrected chi connectivity index (χ2v) is 6.64. The third kappa shape index (κ3) is 3.87. The van der Waals surface area contributed by atoms with Crippen LogP contribution in [0, 0.1) is 0 Å². The van der Waals surface area contributed by atoms with Crippen molar-refractivity contribution >= 4 is 5.69 Å². The van der Waals surface area contributed by atoms with E-state index < -0.39 is 6.17 Å². The highest BCUT2D eigenvalue weighted by Crippen LogP contribution is 2.32. The van der Waals surface area contributed by atoms with Gasteiger partial charge in [0.05, 0.1) is 0 Å². The van der Waals surface area contributed by atoms with Gasteiger partial charge in [-0.15, -0.1) is 0 Å². The SMILES string of the molecule is F[C@@H](COc1ccccc1)CN1CC(Oc2cccc3c2CCN3)C1. The summed E-state index contributed by atoms with van der Waals surface area (Å²) in [5.74, 6) is 1.68. The van der Waals surface area contributed by atoms with Crippen molar-refractivity contribution in [3.63, 3.8) is 0 Å². The van der Waals surface area contributed by atoms with Crippen molar-refractivity contribution in [1.82, 2.24) is 4.90 Å². The minimum atomic E-state index is -0.994. The third-order valence-corrected chi connectivity index (χ3v) is 4.67. The van der Waals surface area contributed by atoms with E-state index in [0.29, 0.717) is 12.3 Å². The Balaban J connectivity index is 1.20. The molecule has 2 aliphatic rings. The van der Waals surface area contributed by atoms with Crippen LogP contribution in [-0.4, -0.2) is 50.0 Å². The summed E-state index contributed by atoms with van der Waals surface area (Å²) in [5, 5.41) is 3.36. The van der Waals surface area contributed by atoms with Crippen LogP contribution < -0.4 is 14.8 Å². The van der Waals surface area contributed by atoms with Crippen molar-refractivity contribution < 1.29 is 13.9 Å². The molecule has 0 amide bonds. The molecule has 5 heteroatoms. The minimum Gasteiger partial charge on any atom is -0.491 e. The minimum absolute atomic E-state index is 0.0872. The molecule has 0 spiro atoms. The van der Waals surface area contributed by atoms with Gasteiger partial charge in [0, 0.05) is 37.4 Å². The fourth-order valence-electron chi connectivity index (χ4n) is 3.38. The number of nitrogens with zero attached hydrogens (tertiary/aromatic N) is 1. The second kappa shape index (κ2) is 7.31. The van der Waals surface area contributed by atoms with E-state index in [1.165, 1.54) is 11.3 Å². The normalized spacial score (nSPS) is 18.1. The van der Waals surface area contributed by atoms with Gasteiger partial charge in [-0.1, -0.05) is 24.3 Å². The number of ether oxygens (including phenoxy) is 2. The van der Waals surface area contributed by atoms with Gasteiger partial charge in [0.2, 0.25) is 0 Å². The first-order chi connectivity index (χ1) is 12.3. The van der Waals surface area contributed by atoms with Gasteiger partial charge in [0.15, 0.2) is 0 Å². The van der Waals surface area contributed by atoms with Gasteiger partial charge in [0.1, 0.15) is 30.4 Å². The van der Waals surface area contributed by atoms with E-state index in [2.05, 4.69) is 16.3 Å². The molecule has 0 bridgehead atoms. The Morgan fingerprint density at radius 2 is 1.96 bits per heavy atom. The highest BCUT2D eigenvalue weighted by atomic mass is 19.1. The maximum absolute atomic E-state index is 14.1.